The number of aromatic nitrogens is 1. The average Bonchev–Trinajstić information content (AvgIpc) is 2.30. The topological polar surface area (TPSA) is 39.1 Å². The van der Waals surface area contributed by atoms with Gasteiger partial charge in [0, 0.05) is 35.8 Å². The van der Waals surface area contributed by atoms with Crippen LogP contribution in [0.4, 0.5) is 0 Å². The summed E-state index contributed by atoms with van der Waals surface area (Å²) in [6.07, 6.45) is 4.19. The van der Waals surface area contributed by atoms with Gasteiger partial charge in [-0.2, -0.15) is 0 Å². The lowest BCUT2D eigenvalue weighted by atomic mass is 10.2. The summed E-state index contributed by atoms with van der Waals surface area (Å²) >= 11 is 0. The number of carbonyl (C=O) groups excluding carboxylic acids is 1. The molecule has 0 atom stereocenters. The molecule has 1 aromatic heterocycles. The third-order valence-electron chi connectivity index (χ3n) is 2.13. The first-order valence-electron chi connectivity index (χ1n) is 4.53. The van der Waals surface area contributed by atoms with Crippen molar-refractivity contribution in [1.29, 1.82) is 0 Å². The van der Waals surface area contributed by atoms with Crippen molar-refractivity contribution in [3.8, 4) is 5.69 Å². The van der Waals surface area contributed by atoms with Gasteiger partial charge in [-0.1, -0.05) is 0 Å². The number of rotatable bonds is 2. The molecule has 0 bridgehead atoms. The maximum absolute atomic E-state index is 10.9. The van der Waals surface area contributed by atoms with E-state index in [1.807, 2.05) is 16.7 Å². The second kappa shape index (κ2) is 3.92. The predicted molar refractivity (Wildman–Crippen MR) is 57.4 cm³/mol. The molecule has 2 rings (SSSR count). The van der Waals surface area contributed by atoms with E-state index in [0.717, 1.165) is 12.0 Å². The molecule has 0 radical (unpaired) electrons. The first-order valence-corrected chi connectivity index (χ1v) is 4.53. The molecular weight excluding hydrogens is 190 g/mol. The minimum absolute atomic E-state index is 0.0178. The fourth-order valence-electron chi connectivity index (χ4n) is 1.31. The van der Waals surface area contributed by atoms with Crippen molar-refractivity contribution in [2.45, 2.75) is 0 Å². The Morgan fingerprint density at radius 2 is 1.53 bits per heavy atom. The van der Waals surface area contributed by atoms with Crippen LogP contribution in [0.2, 0.25) is 0 Å². The molecule has 0 N–H and O–H groups in total. The molecule has 0 spiro atoms. The van der Waals surface area contributed by atoms with Crippen molar-refractivity contribution in [3.63, 3.8) is 0 Å². The smallest absolute Gasteiger partial charge is 0.181 e. The van der Waals surface area contributed by atoms with Gasteiger partial charge in [-0.05, 0) is 24.3 Å². The van der Waals surface area contributed by atoms with Crippen LogP contribution in [0.3, 0.4) is 0 Å². The van der Waals surface area contributed by atoms with Crippen molar-refractivity contribution in [1.82, 2.24) is 4.57 Å². The zero-order chi connectivity index (χ0) is 10.7. The fourth-order valence-corrected chi connectivity index (χ4v) is 1.31. The van der Waals surface area contributed by atoms with Gasteiger partial charge in [-0.25, -0.2) is 0 Å². The lowest BCUT2D eigenvalue weighted by Gasteiger charge is -2.04. The van der Waals surface area contributed by atoms with E-state index in [9.17, 15) is 9.59 Å². The Balaban J connectivity index is 2.41. The predicted octanol–water partition coefficient (Wildman–Crippen LogP) is 1.65. The normalized spacial score (nSPS) is 9.87. The monoisotopic (exact) mass is 199 g/mol. The number of hydrogen-bond acceptors (Lipinski definition) is 2. The van der Waals surface area contributed by atoms with Crippen LogP contribution in [0.25, 0.3) is 5.69 Å². The molecule has 3 heteroatoms. The SMILES string of the molecule is O=Cc1ccc(-n2ccc(=O)cc2)cc1. The molecule has 0 fully saturated rings. The van der Waals surface area contributed by atoms with Gasteiger partial charge < -0.3 is 4.57 Å². The van der Waals surface area contributed by atoms with Gasteiger partial charge in [0.25, 0.3) is 0 Å². The van der Waals surface area contributed by atoms with Crippen LogP contribution >= 0.6 is 0 Å². The van der Waals surface area contributed by atoms with Gasteiger partial charge >= 0.3 is 0 Å². The van der Waals surface area contributed by atoms with E-state index < -0.39 is 0 Å². The molecule has 0 aliphatic rings. The van der Waals surface area contributed by atoms with Crippen LogP contribution in [0.5, 0.6) is 0 Å². The van der Waals surface area contributed by atoms with E-state index in [2.05, 4.69) is 0 Å². The van der Waals surface area contributed by atoms with E-state index >= 15 is 0 Å². The molecule has 1 heterocycles. The third-order valence-corrected chi connectivity index (χ3v) is 2.13. The lowest BCUT2D eigenvalue weighted by molar-refractivity contribution is 0.112. The molecule has 0 unspecified atom stereocenters. The summed E-state index contributed by atoms with van der Waals surface area (Å²) in [5, 5.41) is 0. The number of pyridine rings is 1. The van der Waals surface area contributed by atoms with E-state index in [4.69, 9.17) is 0 Å². The number of aldehydes is 1. The van der Waals surface area contributed by atoms with Crippen molar-refractivity contribution < 1.29 is 4.79 Å². The summed E-state index contributed by atoms with van der Waals surface area (Å²) in [7, 11) is 0. The molecule has 3 nitrogen and oxygen atoms in total. The average molecular weight is 199 g/mol. The van der Waals surface area contributed by atoms with Gasteiger partial charge in [0.2, 0.25) is 0 Å². The fraction of sp³-hybridized carbons (Fsp3) is 0. The summed E-state index contributed by atoms with van der Waals surface area (Å²) in [6, 6.07) is 10.1. The largest absolute Gasteiger partial charge is 0.324 e. The zero-order valence-electron chi connectivity index (χ0n) is 7.96. The Bertz CT molecular complexity index is 506. The molecule has 1 aromatic carbocycles. The van der Waals surface area contributed by atoms with Gasteiger partial charge in [0.1, 0.15) is 6.29 Å². The maximum atomic E-state index is 10.9. The maximum Gasteiger partial charge on any atom is 0.181 e. The van der Waals surface area contributed by atoms with Gasteiger partial charge in [0.05, 0.1) is 0 Å². The first kappa shape index (κ1) is 9.40. The molecule has 74 valence electrons. The number of hydrogen-bond donors (Lipinski definition) is 0. The Labute approximate surface area is 86.6 Å². The highest BCUT2D eigenvalue weighted by molar-refractivity contribution is 5.75. The van der Waals surface area contributed by atoms with Crippen LogP contribution in [0, 0.1) is 0 Å². The number of nitrogens with zero attached hydrogens (tertiary/aromatic N) is 1. The van der Waals surface area contributed by atoms with Crippen LogP contribution in [-0.2, 0) is 0 Å². The molecule has 0 aliphatic carbocycles. The van der Waals surface area contributed by atoms with Crippen LogP contribution in [0.15, 0.2) is 53.6 Å². The van der Waals surface area contributed by atoms with Crippen LogP contribution in [-0.4, -0.2) is 10.9 Å². The van der Waals surface area contributed by atoms with E-state index in [-0.39, 0.29) is 5.43 Å². The van der Waals surface area contributed by atoms with Crippen molar-refractivity contribution >= 4 is 6.29 Å². The van der Waals surface area contributed by atoms with Crippen molar-refractivity contribution in [2.24, 2.45) is 0 Å². The molecule has 0 aliphatic heterocycles. The minimum atomic E-state index is -0.0178. The third kappa shape index (κ3) is 2.02. The Morgan fingerprint density at radius 1 is 0.933 bits per heavy atom. The Hall–Kier alpha value is -2.16. The molecule has 15 heavy (non-hydrogen) atoms. The summed E-state index contributed by atoms with van der Waals surface area (Å²) in [5.74, 6) is 0. The standard InChI is InChI=1S/C12H9NO2/c14-9-10-1-3-11(4-2-10)13-7-5-12(15)6-8-13/h1-9H. The summed E-state index contributed by atoms with van der Waals surface area (Å²) in [5.41, 5.74) is 1.54. The molecule has 0 amide bonds. The van der Waals surface area contributed by atoms with Gasteiger partial charge in [0.15, 0.2) is 5.43 Å². The van der Waals surface area contributed by atoms with Gasteiger partial charge in [-0.3, -0.25) is 9.59 Å². The summed E-state index contributed by atoms with van der Waals surface area (Å²) in [6.45, 7) is 0. The van der Waals surface area contributed by atoms with Crippen LogP contribution in [0.1, 0.15) is 10.4 Å². The minimum Gasteiger partial charge on any atom is -0.324 e. The van der Waals surface area contributed by atoms with E-state index in [1.165, 1.54) is 12.1 Å². The molecule has 0 saturated heterocycles. The molecule has 0 saturated carbocycles. The van der Waals surface area contributed by atoms with Crippen LogP contribution < -0.4 is 5.43 Å². The van der Waals surface area contributed by atoms with Crippen molar-refractivity contribution in [2.75, 3.05) is 0 Å². The second-order valence-corrected chi connectivity index (χ2v) is 3.15. The summed E-state index contributed by atoms with van der Waals surface area (Å²) in [4.78, 5) is 21.3. The number of benzene rings is 1. The van der Waals surface area contributed by atoms with E-state index in [1.54, 1.807) is 24.5 Å². The second-order valence-electron chi connectivity index (χ2n) is 3.15. The molecular formula is C12H9NO2. The van der Waals surface area contributed by atoms with Gasteiger partial charge in [-0.15, -0.1) is 0 Å². The van der Waals surface area contributed by atoms with E-state index in [0.29, 0.717) is 5.56 Å². The number of carbonyl (C=O) groups is 1. The highest BCUT2D eigenvalue weighted by Gasteiger charge is 1.94. The van der Waals surface area contributed by atoms with Crippen molar-refractivity contribution in [3.05, 3.63) is 64.6 Å². The highest BCUT2D eigenvalue weighted by Crippen LogP contribution is 2.07. The summed E-state index contributed by atoms with van der Waals surface area (Å²) < 4.78 is 1.82. The highest BCUT2D eigenvalue weighted by atomic mass is 16.1. The lowest BCUT2D eigenvalue weighted by Crippen LogP contribution is -2.01. The quantitative estimate of drug-likeness (QED) is 0.690. The zero-order valence-corrected chi connectivity index (χ0v) is 7.96. The first-order chi connectivity index (χ1) is 7.29. The molecule has 2 aromatic rings. The Morgan fingerprint density at radius 3 is 2.07 bits per heavy atom. The Kier molecular flexibility index (Phi) is 2.46.